The maximum atomic E-state index is 11.1. The van der Waals surface area contributed by atoms with E-state index >= 15 is 0 Å². The molecular formula is C12H13BrN2O2. The van der Waals surface area contributed by atoms with Crippen LogP contribution >= 0.6 is 15.9 Å². The van der Waals surface area contributed by atoms with E-state index in [0.717, 1.165) is 6.42 Å². The molecule has 0 aromatic carbocycles. The van der Waals surface area contributed by atoms with E-state index in [2.05, 4.69) is 26.8 Å². The average Bonchev–Trinajstić information content (AvgIpc) is 2.28. The van der Waals surface area contributed by atoms with Gasteiger partial charge in [0, 0.05) is 17.2 Å². The van der Waals surface area contributed by atoms with E-state index in [1.165, 1.54) is 6.07 Å². The van der Waals surface area contributed by atoms with Crippen LogP contribution in [0.3, 0.4) is 0 Å². The molecule has 0 atom stereocenters. The number of carbonyl (C=O) groups is 1. The van der Waals surface area contributed by atoms with Crippen molar-refractivity contribution >= 4 is 27.7 Å². The Hall–Kier alpha value is -1.54. The Labute approximate surface area is 109 Å². The summed E-state index contributed by atoms with van der Waals surface area (Å²) < 4.78 is 0.635. The third-order valence-corrected chi connectivity index (χ3v) is 2.57. The molecular weight excluding hydrogens is 284 g/mol. The molecule has 0 aliphatic heterocycles. The van der Waals surface area contributed by atoms with Crippen molar-refractivity contribution in [3.05, 3.63) is 22.3 Å². The quantitative estimate of drug-likeness (QED) is 0.848. The molecule has 0 amide bonds. The van der Waals surface area contributed by atoms with Crippen molar-refractivity contribution in [2.45, 2.75) is 13.3 Å². The van der Waals surface area contributed by atoms with Crippen LogP contribution in [0.1, 0.15) is 23.7 Å². The molecule has 0 radical (unpaired) electrons. The first-order valence-electron chi connectivity index (χ1n) is 5.17. The monoisotopic (exact) mass is 296 g/mol. The van der Waals surface area contributed by atoms with Crippen LogP contribution < -0.4 is 4.90 Å². The molecule has 1 aromatic rings. The summed E-state index contributed by atoms with van der Waals surface area (Å²) in [5.74, 6) is 1.92. The Balaban J connectivity index is 3.18. The fraction of sp³-hybridized carbons (Fsp3) is 0.333. The normalized spacial score (nSPS) is 9.71. The molecule has 0 bridgehead atoms. The lowest BCUT2D eigenvalue weighted by Crippen LogP contribution is -2.27. The van der Waals surface area contributed by atoms with Crippen molar-refractivity contribution < 1.29 is 9.90 Å². The van der Waals surface area contributed by atoms with Gasteiger partial charge >= 0.3 is 5.97 Å². The average molecular weight is 297 g/mol. The molecule has 0 saturated heterocycles. The van der Waals surface area contributed by atoms with Gasteiger partial charge in [0.1, 0.15) is 11.4 Å². The topological polar surface area (TPSA) is 53.4 Å². The fourth-order valence-corrected chi connectivity index (χ4v) is 1.81. The lowest BCUT2D eigenvalue weighted by atomic mass is 10.2. The smallest absolute Gasteiger partial charge is 0.339 e. The molecule has 4 nitrogen and oxygen atoms in total. The van der Waals surface area contributed by atoms with Gasteiger partial charge in [0.2, 0.25) is 0 Å². The standard InChI is InChI=1S/C12H13BrN2O2/c1-3-5-15(6-4-2)11-10(12(16)17)7-9(13)8-14-11/h1,7-8H,4-6H2,2H3,(H,16,17). The van der Waals surface area contributed by atoms with E-state index in [1.807, 2.05) is 6.92 Å². The highest BCUT2D eigenvalue weighted by molar-refractivity contribution is 9.10. The summed E-state index contributed by atoms with van der Waals surface area (Å²) in [6.07, 6.45) is 7.72. The second kappa shape index (κ2) is 6.26. The largest absolute Gasteiger partial charge is 0.478 e. The molecule has 17 heavy (non-hydrogen) atoms. The zero-order valence-electron chi connectivity index (χ0n) is 9.48. The molecule has 0 aliphatic rings. The van der Waals surface area contributed by atoms with E-state index in [1.54, 1.807) is 11.1 Å². The Bertz CT molecular complexity index is 454. The van der Waals surface area contributed by atoms with Crippen LogP contribution in [-0.2, 0) is 0 Å². The van der Waals surface area contributed by atoms with Crippen molar-refractivity contribution in [2.75, 3.05) is 18.0 Å². The molecule has 90 valence electrons. The highest BCUT2D eigenvalue weighted by Gasteiger charge is 2.17. The van der Waals surface area contributed by atoms with E-state index in [4.69, 9.17) is 11.5 Å². The molecule has 1 rings (SSSR count). The lowest BCUT2D eigenvalue weighted by Gasteiger charge is -2.22. The van der Waals surface area contributed by atoms with Gasteiger partial charge in [-0.05, 0) is 28.4 Å². The number of hydrogen-bond donors (Lipinski definition) is 1. The van der Waals surface area contributed by atoms with Crippen molar-refractivity contribution in [1.82, 2.24) is 4.98 Å². The van der Waals surface area contributed by atoms with Gasteiger partial charge in [-0.15, -0.1) is 6.42 Å². The minimum Gasteiger partial charge on any atom is -0.478 e. The van der Waals surface area contributed by atoms with Crippen LogP contribution in [0.2, 0.25) is 0 Å². The molecule has 0 unspecified atom stereocenters. The Morgan fingerprint density at radius 2 is 2.41 bits per heavy atom. The number of anilines is 1. The first kappa shape index (κ1) is 13.5. The predicted octanol–water partition coefficient (Wildman–Crippen LogP) is 2.39. The van der Waals surface area contributed by atoms with E-state index in [0.29, 0.717) is 23.4 Å². The van der Waals surface area contributed by atoms with Crippen LogP contribution in [0.25, 0.3) is 0 Å². The van der Waals surface area contributed by atoms with Gasteiger partial charge in [0.25, 0.3) is 0 Å². The second-order valence-electron chi connectivity index (χ2n) is 3.46. The second-order valence-corrected chi connectivity index (χ2v) is 4.37. The van der Waals surface area contributed by atoms with Gasteiger partial charge in [0.05, 0.1) is 6.54 Å². The molecule has 5 heteroatoms. The molecule has 0 aliphatic carbocycles. The summed E-state index contributed by atoms with van der Waals surface area (Å²) in [5, 5.41) is 9.14. The first-order valence-corrected chi connectivity index (χ1v) is 5.96. The summed E-state index contributed by atoms with van der Waals surface area (Å²) in [5.41, 5.74) is 0.156. The number of carboxylic acids is 1. The van der Waals surface area contributed by atoms with Crippen LogP contribution in [0, 0.1) is 12.3 Å². The molecule has 1 aromatic heterocycles. The number of pyridine rings is 1. The van der Waals surface area contributed by atoms with Gasteiger partial charge in [-0.3, -0.25) is 0 Å². The SMILES string of the molecule is C#CCN(CCC)c1ncc(Br)cc1C(=O)O. The molecule has 1 heterocycles. The number of nitrogens with zero attached hydrogens (tertiary/aromatic N) is 2. The number of terminal acetylenes is 1. The summed E-state index contributed by atoms with van der Waals surface area (Å²) >= 11 is 3.21. The highest BCUT2D eigenvalue weighted by atomic mass is 79.9. The highest BCUT2D eigenvalue weighted by Crippen LogP contribution is 2.21. The van der Waals surface area contributed by atoms with Gasteiger partial charge in [-0.25, -0.2) is 9.78 Å². The number of halogens is 1. The maximum Gasteiger partial charge on any atom is 0.339 e. The van der Waals surface area contributed by atoms with Crippen LogP contribution in [0.4, 0.5) is 5.82 Å². The number of aromatic carboxylic acids is 1. The summed E-state index contributed by atoms with van der Waals surface area (Å²) in [4.78, 5) is 17.1. The van der Waals surface area contributed by atoms with Crippen LogP contribution in [0.15, 0.2) is 16.7 Å². The summed E-state index contributed by atoms with van der Waals surface area (Å²) in [7, 11) is 0. The van der Waals surface area contributed by atoms with E-state index in [-0.39, 0.29) is 5.56 Å². The van der Waals surface area contributed by atoms with Gasteiger partial charge in [0.15, 0.2) is 0 Å². The Kier molecular flexibility index (Phi) is 4.98. The zero-order chi connectivity index (χ0) is 12.8. The molecule has 1 N–H and O–H groups in total. The minimum absolute atomic E-state index is 0.156. The molecule has 0 fully saturated rings. The maximum absolute atomic E-state index is 11.1. The molecule has 0 saturated carbocycles. The van der Waals surface area contributed by atoms with Crippen molar-refractivity contribution in [3.8, 4) is 12.3 Å². The van der Waals surface area contributed by atoms with Crippen molar-refractivity contribution in [1.29, 1.82) is 0 Å². The van der Waals surface area contributed by atoms with Crippen molar-refractivity contribution in [2.24, 2.45) is 0 Å². The van der Waals surface area contributed by atoms with E-state index < -0.39 is 5.97 Å². The minimum atomic E-state index is -1.01. The number of hydrogen-bond acceptors (Lipinski definition) is 3. The molecule has 0 spiro atoms. The fourth-order valence-electron chi connectivity index (χ4n) is 1.48. The van der Waals surface area contributed by atoms with Crippen LogP contribution in [0.5, 0.6) is 0 Å². The third-order valence-electron chi connectivity index (χ3n) is 2.14. The number of carboxylic acid groups (broad SMARTS) is 1. The summed E-state index contributed by atoms with van der Waals surface area (Å²) in [6, 6.07) is 1.53. The predicted molar refractivity (Wildman–Crippen MR) is 70.2 cm³/mol. The van der Waals surface area contributed by atoms with Gasteiger partial charge in [-0.1, -0.05) is 12.8 Å². The number of aromatic nitrogens is 1. The Morgan fingerprint density at radius 1 is 1.71 bits per heavy atom. The van der Waals surface area contributed by atoms with Gasteiger partial charge in [-0.2, -0.15) is 0 Å². The number of rotatable bonds is 5. The lowest BCUT2D eigenvalue weighted by molar-refractivity contribution is 0.0697. The Morgan fingerprint density at radius 3 is 2.94 bits per heavy atom. The van der Waals surface area contributed by atoms with E-state index in [9.17, 15) is 4.79 Å². The van der Waals surface area contributed by atoms with Gasteiger partial charge < -0.3 is 10.0 Å². The third kappa shape index (κ3) is 3.46. The van der Waals surface area contributed by atoms with Crippen LogP contribution in [-0.4, -0.2) is 29.1 Å². The van der Waals surface area contributed by atoms with Crippen molar-refractivity contribution in [3.63, 3.8) is 0 Å². The zero-order valence-corrected chi connectivity index (χ0v) is 11.1. The summed E-state index contributed by atoms with van der Waals surface area (Å²) in [6.45, 7) is 3.03. The first-order chi connectivity index (χ1) is 8.10.